The fourth-order valence-electron chi connectivity index (χ4n) is 3.89. The Kier molecular flexibility index (Phi) is 8.67. The van der Waals surface area contributed by atoms with Crippen LogP contribution in [0.25, 0.3) is 0 Å². The third-order valence-corrected chi connectivity index (χ3v) is 5.70. The van der Waals surface area contributed by atoms with Crippen molar-refractivity contribution in [3.8, 4) is 5.75 Å². The number of carbonyl (C=O) groups excluding carboxylic acids is 2. The first kappa shape index (κ1) is 25.3. The number of Topliss-reactive ketones (excluding diaryl/α,β-unsaturated/α-hetero) is 1. The van der Waals surface area contributed by atoms with Gasteiger partial charge in [-0.05, 0) is 68.8 Å². The minimum atomic E-state index is -1.11. The number of carbonyl (C=O) groups is 3. The normalized spacial score (nSPS) is 15.8. The van der Waals surface area contributed by atoms with E-state index < -0.39 is 12.0 Å². The number of halogens is 1. The van der Waals surface area contributed by atoms with Crippen molar-refractivity contribution in [3.05, 3.63) is 76.0 Å². The predicted molar refractivity (Wildman–Crippen MR) is 129 cm³/mol. The Balaban J connectivity index is 1.61. The highest BCUT2D eigenvalue weighted by molar-refractivity contribution is 6.30. The number of nitrogens with zero attached hydrogens (tertiary/aromatic N) is 1. The Morgan fingerprint density at radius 1 is 1.21 bits per heavy atom. The van der Waals surface area contributed by atoms with Gasteiger partial charge in [-0.25, -0.2) is 9.59 Å². The Morgan fingerprint density at radius 2 is 1.94 bits per heavy atom. The molecule has 2 aromatic carbocycles. The summed E-state index contributed by atoms with van der Waals surface area (Å²) >= 11 is 6.13. The first-order chi connectivity index (χ1) is 16.3. The third kappa shape index (κ3) is 6.15. The standard InChI is InChI=1S/C25H28ClN3O5/c1-3-34-20-10-8-17(9-11-20)21(30)15-27-12-5-13-29-23(18-6-4-7-19(26)14-18)22(24(31)32)16(2)28-25(29)33/h4,6-11,14,23,27H,3,5,12-13,15H2,1-2H3,(H,28,33)(H,31,32). The molecule has 34 heavy (non-hydrogen) atoms. The average Bonchev–Trinajstić information content (AvgIpc) is 2.80. The summed E-state index contributed by atoms with van der Waals surface area (Å²) in [6.07, 6.45) is 0.521. The number of ether oxygens (including phenoxy) is 1. The maximum Gasteiger partial charge on any atom is 0.335 e. The van der Waals surface area contributed by atoms with Crippen LogP contribution in [0.2, 0.25) is 5.02 Å². The number of amides is 2. The molecule has 0 bridgehead atoms. The number of urea groups is 1. The Hall–Kier alpha value is -3.36. The maximum atomic E-state index is 12.7. The summed E-state index contributed by atoms with van der Waals surface area (Å²) in [4.78, 5) is 38.6. The lowest BCUT2D eigenvalue weighted by molar-refractivity contribution is -0.133. The molecule has 1 heterocycles. The highest BCUT2D eigenvalue weighted by atomic mass is 35.5. The molecule has 1 unspecified atom stereocenters. The maximum absolute atomic E-state index is 12.7. The lowest BCUT2D eigenvalue weighted by atomic mass is 9.93. The number of hydrogen-bond donors (Lipinski definition) is 3. The molecule has 2 amide bonds. The van der Waals surface area contributed by atoms with Gasteiger partial charge in [-0.2, -0.15) is 0 Å². The van der Waals surface area contributed by atoms with E-state index in [9.17, 15) is 19.5 Å². The molecular formula is C25H28ClN3O5. The number of aliphatic carboxylic acids is 1. The fraction of sp³-hybridized carbons (Fsp3) is 0.320. The van der Waals surface area contributed by atoms with Crippen molar-refractivity contribution in [1.29, 1.82) is 0 Å². The zero-order chi connectivity index (χ0) is 24.7. The molecular weight excluding hydrogens is 458 g/mol. The van der Waals surface area contributed by atoms with E-state index in [2.05, 4.69) is 10.6 Å². The summed E-state index contributed by atoms with van der Waals surface area (Å²) in [6, 6.07) is 12.7. The average molecular weight is 486 g/mol. The van der Waals surface area contributed by atoms with Gasteiger partial charge in [0.05, 0.1) is 24.8 Å². The quantitative estimate of drug-likeness (QED) is 0.327. The van der Waals surface area contributed by atoms with Gasteiger partial charge in [0, 0.05) is 22.8 Å². The smallest absolute Gasteiger partial charge is 0.335 e. The molecule has 2 aromatic rings. The van der Waals surface area contributed by atoms with Gasteiger partial charge >= 0.3 is 12.0 Å². The van der Waals surface area contributed by atoms with Gasteiger partial charge < -0.3 is 25.4 Å². The van der Waals surface area contributed by atoms with Crippen LogP contribution in [-0.4, -0.2) is 54.0 Å². The molecule has 0 radical (unpaired) electrons. The van der Waals surface area contributed by atoms with Crippen LogP contribution in [0.15, 0.2) is 59.8 Å². The van der Waals surface area contributed by atoms with Crippen molar-refractivity contribution in [3.63, 3.8) is 0 Å². The molecule has 0 spiro atoms. The second-order valence-corrected chi connectivity index (χ2v) is 8.27. The van der Waals surface area contributed by atoms with Crippen LogP contribution in [0.1, 0.15) is 42.2 Å². The second kappa shape index (κ2) is 11.7. The zero-order valence-electron chi connectivity index (χ0n) is 19.1. The summed E-state index contributed by atoms with van der Waals surface area (Å²) in [7, 11) is 0. The highest BCUT2D eigenvalue weighted by Crippen LogP contribution is 2.34. The van der Waals surface area contributed by atoms with Crippen LogP contribution in [0.4, 0.5) is 4.79 Å². The van der Waals surface area contributed by atoms with Crippen molar-refractivity contribution in [2.24, 2.45) is 0 Å². The van der Waals surface area contributed by atoms with Crippen LogP contribution in [-0.2, 0) is 4.79 Å². The monoisotopic (exact) mass is 485 g/mol. The Bertz CT molecular complexity index is 1080. The summed E-state index contributed by atoms with van der Waals surface area (Å²) in [5, 5.41) is 16.0. The number of rotatable bonds is 11. The Morgan fingerprint density at radius 3 is 2.59 bits per heavy atom. The van der Waals surface area contributed by atoms with Crippen molar-refractivity contribution in [1.82, 2.24) is 15.5 Å². The first-order valence-corrected chi connectivity index (χ1v) is 11.4. The number of nitrogens with one attached hydrogen (secondary N) is 2. The topological polar surface area (TPSA) is 108 Å². The molecule has 9 heteroatoms. The number of benzene rings is 2. The molecule has 1 atom stereocenters. The summed E-state index contributed by atoms with van der Waals surface area (Å²) in [5.41, 5.74) is 1.61. The molecule has 1 aliphatic rings. The molecule has 8 nitrogen and oxygen atoms in total. The largest absolute Gasteiger partial charge is 0.494 e. The Labute approximate surface area is 203 Å². The fourth-order valence-corrected chi connectivity index (χ4v) is 4.09. The molecule has 3 rings (SSSR count). The van der Waals surface area contributed by atoms with Gasteiger partial charge in [0.2, 0.25) is 0 Å². The first-order valence-electron chi connectivity index (χ1n) is 11.1. The summed E-state index contributed by atoms with van der Waals surface area (Å²) < 4.78 is 5.38. The van der Waals surface area contributed by atoms with Gasteiger partial charge in [0.1, 0.15) is 5.75 Å². The number of allylic oxidation sites excluding steroid dienone is 1. The van der Waals surface area contributed by atoms with Crippen LogP contribution in [0.5, 0.6) is 5.75 Å². The van der Waals surface area contributed by atoms with Crippen molar-refractivity contribution < 1.29 is 24.2 Å². The number of carboxylic acids is 1. The van der Waals surface area contributed by atoms with Crippen molar-refractivity contribution >= 4 is 29.4 Å². The van der Waals surface area contributed by atoms with E-state index in [-0.39, 0.29) is 30.5 Å². The third-order valence-electron chi connectivity index (χ3n) is 5.46. The van der Waals surface area contributed by atoms with E-state index >= 15 is 0 Å². The molecule has 0 aliphatic carbocycles. The van der Waals surface area contributed by atoms with Gasteiger partial charge in [-0.15, -0.1) is 0 Å². The molecule has 180 valence electrons. The highest BCUT2D eigenvalue weighted by Gasteiger charge is 2.37. The van der Waals surface area contributed by atoms with E-state index in [0.717, 1.165) is 0 Å². The second-order valence-electron chi connectivity index (χ2n) is 7.84. The van der Waals surface area contributed by atoms with Crippen LogP contribution in [0, 0.1) is 0 Å². The minimum Gasteiger partial charge on any atom is -0.494 e. The van der Waals surface area contributed by atoms with Gasteiger partial charge in [0.15, 0.2) is 5.78 Å². The van der Waals surface area contributed by atoms with E-state index in [1.165, 1.54) is 4.90 Å². The van der Waals surface area contributed by atoms with E-state index in [1.807, 2.05) is 6.92 Å². The van der Waals surface area contributed by atoms with Gasteiger partial charge in [0.25, 0.3) is 0 Å². The minimum absolute atomic E-state index is 0.0534. The number of carboxylic acid groups (broad SMARTS) is 1. The van der Waals surface area contributed by atoms with Crippen LogP contribution < -0.4 is 15.4 Å². The molecule has 0 fully saturated rings. The number of ketones is 1. The molecule has 0 saturated carbocycles. The van der Waals surface area contributed by atoms with Crippen molar-refractivity contribution in [2.45, 2.75) is 26.3 Å². The van der Waals surface area contributed by atoms with Crippen molar-refractivity contribution in [2.75, 3.05) is 26.2 Å². The molecule has 1 aliphatic heterocycles. The SMILES string of the molecule is CCOc1ccc(C(=O)CNCCCN2C(=O)NC(C)=C(C(=O)O)C2c2cccc(Cl)c2)cc1. The molecule has 0 aromatic heterocycles. The summed E-state index contributed by atoms with van der Waals surface area (Å²) in [5.74, 6) is -0.445. The lowest BCUT2D eigenvalue weighted by Gasteiger charge is -2.37. The van der Waals surface area contributed by atoms with Crippen LogP contribution in [0.3, 0.4) is 0 Å². The van der Waals surface area contributed by atoms with Gasteiger partial charge in [-0.3, -0.25) is 4.79 Å². The van der Waals surface area contributed by atoms with Gasteiger partial charge in [-0.1, -0.05) is 23.7 Å². The summed E-state index contributed by atoms with van der Waals surface area (Å²) in [6.45, 7) is 4.94. The molecule has 0 saturated heterocycles. The zero-order valence-corrected chi connectivity index (χ0v) is 19.9. The lowest BCUT2D eigenvalue weighted by Crippen LogP contribution is -2.49. The van der Waals surface area contributed by atoms with Crippen LogP contribution >= 0.6 is 11.6 Å². The molecule has 3 N–H and O–H groups in total. The van der Waals surface area contributed by atoms with E-state index in [4.69, 9.17) is 16.3 Å². The predicted octanol–water partition coefficient (Wildman–Crippen LogP) is 4.03. The van der Waals surface area contributed by atoms with E-state index in [1.54, 1.807) is 55.5 Å². The van der Waals surface area contributed by atoms with E-state index in [0.29, 0.717) is 47.2 Å². The number of hydrogen-bond acceptors (Lipinski definition) is 5.